The van der Waals surface area contributed by atoms with Crippen molar-refractivity contribution in [3.8, 4) is 0 Å². The SMILES string of the molecule is CC(C)CCn1[nH]c(CC(C)C)cc1=S. The van der Waals surface area contributed by atoms with Crippen LogP contribution in [0.4, 0.5) is 0 Å². The third-order valence-corrected chi connectivity index (χ3v) is 2.74. The Balaban J connectivity index is 2.65. The zero-order valence-electron chi connectivity index (χ0n) is 10.2. The molecule has 0 radical (unpaired) electrons. The van der Waals surface area contributed by atoms with Gasteiger partial charge in [0.05, 0.1) is 0 Å². The molecule has 15 heavy (non-hydrogen) atoms. The Morgan fingerprint density at radius 2 is 1.93 bits per heavy atom. The maximum Gasteiger partial charge on any atom is 0.122 e. The Morgan fingerprint density at radius 3 is 2.47 bits per heavy atom. The van der Waals surface area contributed by atoms with Crippen LogP contribution in [0.25, 0.3) is 0 Å². The summed E-state index contributed by atoms with van der Waals surface area (Å²) in [6.07, 6.45) is 2.26. The second kappa shape index (κ2) is 5.50. The first-order valence-electron chi connectivity index (χ1n) is 5.77. The minimum absolute atomic E-state index is 0.677. The molecule has 1 aromatic rings. The molecule has 0 bridgehead atoms. The lowest BCUT2D eigenvalue weighted by Gasteiger charge is -2.06. The maximum absolute atomic E-state index is 5.31. The lowest BCUT2D eigenvalue weighted by molar-refractivity contribution is 0.479. The summed E-state index contributed by atoms with van der Waals surface area (Å²) in [6.45, 7) is 9.93. The van der Waals surface area contributed by atoms with Gasteiger partial charge in [0.2, 0.25) is 0 Å². The minimum Gasteiger partial charge on any atom is -0.302 e. The van der Waals surface area contributed by atoms with Crippen molar-refractivity contribution in [3.63, 3.8) is 0 Å². The second-order valence-corrected chi connectivity index (χ2v) is 5.47. The van der Waals surface area contributed by atoms with Crippen LogP contribution >= 0.6 is 12.2 Å². The molecule has 0 aliphatic heterocycles. The van der Waals surface area contributed by atoms with E-state index in [0.717, 1.165) is 23.5 Å². The summed E-state index contributed by atoms with van der Waals surface area (Å²) in [6, 6.07) is 2.09. The van der Waals surface area contributed by atoms with Gasteiger partial charge in [0.15, 0.2) is 0 Å². The fraction of sp³-hybridized carbons (Fsp3) is 0.750. The summed E-state index contributed by atoms with van der Waals surface area (Å²) in [5.41, 5.74) is 1.26. The zero-order chi connectivity index (χ0) is 11.4. The number of rotatable bonds is 5. The summed E-state index contributed by atoms with van der Waals surface area (Å²) >= 11 is 5.31. The predicted molar refractivity (Wildman–Crippen MR) is 67.6 cm³/mol. The molecule has 1 rings (SSSR count). The quantitative estimate of drug-likeness (QED) is 0.758. The normalized spacial score (nSPS) is 11.6. The molecular formula is C12H22N2S. The van der Waals surface area contributed by atoms with Crippen molar-refractivity contribution in [1.82, 2.24) is 9.78 Å². The topological polar surface area (TPSA) is 20.7 Å². The van der Waals surface area contributed by atoms with Crippen molar-refractivity contribution in [2.45, 2.75) is 47.1 Å². The van der Waals surface area contributed by atoms with Crippen LogP contribution in [-0.4, -0.2) is 9.78 Å². The molecule has 1 aromatic heterocycles. The fourth-order valence-corrected chi connectivity index (χ4v) is 1.86. The van der Waals surface area contributed by atoms with E-state index in [9.17, 15) is 0 Å². The number of aryl methyl sites for hydroxylation is 1. The number of nitrogens with zero attached hydrogens (tertiary/aromatic N) is 1. The number of H-pyrrole nitrogens is 1. The van der Waals surface area contributed by atoms with E-state index in [1.165, 1.54) is 12.1 Å². The maximum atomic E-state index is 5.31. The summed E-state index contributed by atoms with van der Waals surface area (Å²) in [7, 11) is 0. The van der Waals surface area contributed by atoms with E-state index in [2.05, 4.69) is 43.5 Å². The highest BCUT2D eigenvalue weighted by atomic mass is 32.1. The standard InChI is InChI=1S/C12H22N2S/c1-9(2)5-6-14-12(15)8-11(13-14)7-10(3)4/h8-10,13H,5-7H2,1-4H3. The molecule has 0 saturated carbocycles. The van der Waals surface area contributed by atoms with Crippen LogP contribution in [0.5, 0.6) is 0 Å². The molecule has 86 valence electrons. The summed E-state index contributed by atoms with van der Waals surface area (Å²) < 4.78 is 3.03. The monoisotopic (exact) mass is 226 g/mol. The number of hydrogen-bond donors (Lipinski definition) is 1. The molecule has 0 fully saturated rings. The van der Waals surface area contributed by atoms with Gasteiger partial charge in [-0.15, -0.1) is 0 Å². The number of nitrogens with one attached hydrogen (secondary N) is 1. The molecule has 0 amide bonds. The first kappa shape index (κ1) is 12.5. The summed E-state index contributed by atoms with van der Waals surface area (Å²) in [4.78, 5) is 0. The second-order valence-electron chi connectivity index (χ2n) is 5.05. The third kappa shape index (κ3) is 4.20. The van der Waals surface area contributed by atoms with Crippen LogP contribution in [0.15, 0.2) is 6.07 Å². The van der Waals surface area contributed by atoms with E-state index in [0.29, 0.717) is 5.92 Å². The Bertz CT molecular complexity index is 347. The van der Waals surface area contributed by atoms with Crippen LogP contribution in [-0.2, 0) is 13.0 Å². The van der Waals surface area contributed by atoms with Gasteiger partial charge in [-0.05, 0) is 30.7 Å². The van der Waals surface area contributed by atoms with Crippen molar-refractivity contribution in [3.05, 3.63) is 16.4 Å². The average Bonchev–Trinajstić information content (AvgIpc) is 2.41. The molecule has 3 heteroatoms. The minimum atomic E-state index is 0.677. The molecule has 2 nitrogen and oxygen atoms in total. The van der Waals surface area contributed by atoms with Crippen molar-refractivity contribution < 1.29 is 0 Å². The Morgan fingerprint density at radius 1 is 1.27 bits per heavy atom. The molecule has 1 heterocycles. The first-order chi connectivity index (χ1) is 6.99. The van der Waals surface area contributed by atoms with Gasteiger partial charge in [0, 0.05) is 12.2 Å². The lowest BCUT2D eigenvalue weighted by atomic mass is 10.1. The molecule has 0 saturated heterocycles. The third-order valence-electron chi connectivity index (χ3n) is 2.40. The highest BCUT2D eigenvalue weighted by Crippen LogP contribution is 2.08. The van der Waals surface area contributed by atoms with Gasteiger partial charge in [-0.25, -0.2) is 0 Å². The van der Waals surface area contributed by atoms with Gasteiger partial charge < -0.3 is 5.10 Å². The largest absolute Gasteiger partial charge is 0.302 e. The Hall–Kier alpha value is -0.570. The summed E-state index contributed by atoms with van der Waals surface area (Å²) in [5.74, 6) is 1.40. The van der Waals surface area contributed by atoms with E-state index < -0.39 is 0 Å². The van der Waals surface area contributed by atoms with Crippen molar-refractivity contribution in [1.29, 1.82) is 0 Å². The fourth-order valence-electron chi connectivity index (χ4n) is 1.59. The lowest BCUT2D eigenvalue weighted by Crippen LogP contribution is -2.04. The number of hydrogen-bond acceptors (Lipinski definition) is 1. The molecule has 0 aliphatic rings. The van der Waals surface area contributed by atoms with Crippen LogP contribution in [0.1, 0.15) is 39.8 Å². The molecule has 1 N–H and O–H groups in total. The van der Waals surface area contributed by atoms with E-state index in [1.54, 1.807) is 0 Å². The number of aromatic amines is 1. The van der Waals surface area contributed by atoms with Gasteiger partial charge >= 0.3 is 0 Å². The molecule has 0 aliphatic carbocycles. The predicted octanol–water partition coefficient (Wildman–Crippen LogP) is 3.79. The highest BCUT2D eigenvalue weighted by Gasteiger charge is 2.03. The van der Waals surface area contributed by atoms with E-state index >= 15 is 0 Å². The van der Waals surface area contributed by atoms with Crippen molar-refractivity contribution in [2.24, 2.45) is 11.8 Å². The van der Waals surface area contributed by atoms with Gasteiger partial charge in [-0.3, -0.25) is 4.68 Å². The molecular weight excluding hydrogens is 204 g/mol. The van der Waals surface area contributed by atoms with E-state index in [-0.39, 0.29) is 0 Å². The molecule has 0 atom stereocenters. The van der Waals surface area contributed by atoms with E-state index in [1.807, 2.05) is 0 Å². The summed E-state index contributed by atoms with van der Waals surface area (Å²) in [5, 5.41) is 3.38. The smallest absolute Gasteiger partial charge is 0.122 e. The Kier molecular flexibility index (Phi) is 4.58. The Labute approximate surface area is 97.7 Å². The van der Waals surface area contributed by atoms with Gasteiger partial charge in [0.1, 0.15) is 4.64 Å². The molecule has 0 aromatic carbocycles. The van der Waals surface area contributed by atoms with Crippen LogP contribution in [0.3, 0.4) is 0 Å². The average molecular weight is 226 g/mol. The van der Waals surface area contributed by atoms with Gasteiger partial charge in [-0.2, -0.15) is 0 Å². The molecule has 0 unspecified atom stereocenters. The van der Waals surface area contributed by atoms with E-state index in [4.69, 9.17) is 12.2 Å². The van der Waals surface area contributed by atoms with Crippen molar-refractivity contribution in [2.75, 3.05) is 0 Å². The highest BCUT2D eigenvalue weighted by molar-refractivity contribution is 7.71. The van der Waals surface area contributed by atoms with Crippen LogP contribution in [0, 0.1) is 16.5 Å². The van der Waals surface area contributed by atoms with Crippen LogP contribution in [0.2, 0.25) is 0 Å². The van der Waals surface area contributed by atoms with Gasteiger partial charge in [-0.1, -0.05) is 39.9 Å². The first-order valence-corrected chi connectivity index (χ1v) is 6.18. The number of aromatic nitrogens is 2. The van der Waals surface area contributed by atoms with Crippen molar-refractivity contribution >= 4 is 12.2 Å². The zero-order valence-corrected chi connectivity index (χ0v) is 11.0. The molecule has 0 spiro atoms. The van der Waals surface area contributed by atoms with Crippen LogP contribution < -0.4 is 0 Å². The van der Waals surface area contributed by atoms with Gasteiger partial charge in [0.25, 0.3) is 0 Å².